The number of ether oxygens (including phenoxy) is 3. The summed E-state index contributed by atoms with van der Waals surface area (Å²) in [6.07, 6.45) is 3.78. The van der Waals surface area contributed by atoms with Crippen molar-refractivity contribution in [3.63, 3.8) is 0 Å². The van der Waals surface area contributed by atoms with Gasteiger partial charge in [0.25, 0.3) is 11.8 Å². The molecule has 0 bridgehead atoms. The maximum absolute atomic E-state index is 13.0. The number of hydrogen-bond donors (Lipinski definition) is 0. The highest BCUT2D eigenvalue weighted by Crippen LogP contribution is 2.31. The van der Waals surface area contributed by atoms with Crippen LogP contribution in [0.15, 0.2) is 47.6 Å². The van der Waals surface area contributed by atoms with Crippen molar-refractivity contribution in [1.29, 1.82) is 5.26 Å². The topological polar surface area (TPSA) is 88.9 Å². The van der Waals surface area contributed by atoms with Crippen LogP contribution in [-0.4, -0.2) is 50.2 Å². The molecule has 0 unspecified atom stereocenters. The Hall–Kier alpha value is -3.37. The zero-order valence-electron chi connectivity index (χ0n) is 17.6. The highest BCUT2D eigenvalue weighted by molar-refractivity contribution is 6.19. The van der Waals surface area contributed by atoms with Crippen LogP contribution in [0.2, 0.25) is 0 Å². The van der Waals surface area contributed by atoms with Gasteiger partial charge in [0.2, 0.25) is 0 Å². The maximum Gasteiger partial charge on any atom is 0.271 e. The molecule has 1 aliphatic rings. The lowest BCUT2D eigenvalue weighted by Crippen LogP contribution is -2.43. The van der Waals surface area contributed by atoms with Crippen LogP contribution in [0.3, 0.4) is 0 Å². The third-order valence-electron chi connectivity index (χ3n) is 4.56. The molecule has 0 radical (unpaired) electrons. The van der Waals surface area contributed by atoms with E-state index in [1.54, 1.807) is 37.3 Å². The molecule has 7 nitrogen and oxygen atoms in total. The first-order chi connectivity index (χ1) is 14.5. The number of nitriles is 1. The lowest BCUT2D eigenvalue weighted by molar-refractivity contribution is -0.140. The van der Waals surface area contributed by atoms with E-state index in [0.29, 0.717) is 54.5 Å². The molecule has 7 heteroatoms. The van der Waals surface area contributed by atoms with Crippen LogP contribution in [-0.2, 0) is 14.3 Å². The molecule has 1 heterocycles. The number of amides is 2. The van der Waals surface area contributed by atoms with Gasteiger partial charge in [-0.2, -0.15) is 5.26 Å². The monoisotopic (exact) mass is 410 g/mol. The van der Waals surface area contributed by atoms with E-state index in [0.717, 1.165) is 4.90 Å². The van der Waals surface area contributed by atoms with Crippen molar-refractivity contribution >= 4 is 17.9 Å². The third kappa shape index (κ3) is 5.16. The van der Waals surface area contributed by atoms with Crippen molar-refractivity contribution in [2.45, 2.75) is 20.3 Å². The molecule has 0 spiro atoms. The smallest absolute Gasteiger partial charge is 0.271 e. The van der Waals surface area contributed by atoms with Gasteiger partial charge in [-0.3, -0.25) is 14.5 Å². The predicted molar refractivity (Wildman–Crippen MR) is 113 cm³/mol. The Morgan fingerprint density at radius 1 is 1.23 bits per heavy atom. The summed E-state index contributed by atoms with van der Waals surface area (Å²) >= 11 is 0. The molecule has 30 heavy (non-hydrogen) atoms. The number of benzene rings is 1. The van der Waals surface area contributed by atoms with E-state index in [-0.39, 0.29) is 12.1 Å². The van der Waals surface area contributed by atoms with Gasteiger partial charge in [-0.1, -0.05) is 18.7 Å². The first-order valence-electron chi connectivity index (χ1n) is 9.67. The summed E-state index contributed by atoms with van der Waals surface area (Å²) in [5.74, 6) is 0.0480. The number of hydrogen-bond acceptors (Lipinski definition) is 6. The van der Waals surface area contributed by atoms with Gasteiger partial charge in [0.15, 0.2) is 11.5 Å². The molecule has 158 valence electrons. The van der Waals surface area contributed by atoms with E-state index in [1.807, 2.05) is 13.0 Å². The minimum absolute atomic E-state index is 0.0323. The Morgan fingerprint density at radius 3 is 2.63 bits per heavy atom. The first-order valence-corrected chi connectivity index (χ1v) is 9.67. The van der Waals surface area contributed by atoms with Crippen molar-refractivity contribution in [2.24, 2.45) is 0 Å². The minimum atomic E-state index is -0.570. The minimum Gasteiger partial charge on any atom is -0.493 e. The standard InChI is InChI=1S/C23H26N2O5/c1-5-11-30-20-9-8-17(14-21(20)28-4)13-18-16(3)19(15-24)23(27)25(22(18)26)10-7-12-29-6-2/h5,8-9,13-14H,1,6-7,10-12H2,2-4H3/b18-13+. The van der Waals surface area contributed by atoms with E-state index >= 15 is 0 Å². The summed E-state index contributed by atoms with van der Waals surface area (Å²) in [6.45, 7) is 8.61. The molecule has 0 saturated heterocycles. The van der Waals surface area contributed by atoms with Gasteiger partial charge in [-0.05, 0) is 49.6 Å². The molecule has 2 rings (SSSR count). The number of carbonyl (C=O) groups is 2. The molecule has 0 fully saturated rings. The highest BCUT2D eigenvalue weighted by atomic mass is 16.5. The largest absolute Gasteiger partial charge is 0.493 e. The van der Waals surface area contributed by atoms with Crippen molar-refractivity contribution in [1.82, 2.24) is 4.90 Å². The Labute approximate surface area is 176 Å². The number of rotatable bonds is 10. The van der Waals surface area contributed by atoms with Crippen LogP contribution in [0.4, 0.5) is 0 Å². The summed E-state index contributed by atoms with van der Waals surface area (Å²) in [7, 11) is 1.52. The molecule has 2 amide bonds. The van der Waals surface area contributed by atoms with Crippen LogP contribution in [0, 0.1) is 11.3 Å². The molecular weight excluding hydrogens is 384 g/mol. The van der Waals surface area contributed by atoms with Crippen LogP contribution < -0.4 is 9.47 Å². The van der Waals surface area contributed by atoms with Gasteiger partial charge in [0.1, 0.15) is 18.2 Å². The zero-order valence-corrected chi connectivity index (χ0v) is 17.6. The zero-order chi connectivity index (χ0) is 22.1. The third-order valence-corrected chi connectivity index (χ3v) is 4.56. The Bertz CT molecular complexity index is 924. The normalized spacial score (nSPS) is 15.4. The maximum atomic E-state index is 13.0. The molecule has 0 aliphatic carbocycles. The van der Waals surface area contributed by atoms with Crippen molar-refractivity contribution in [3.8, 4) is 17.6 Å². The van der Waals surface area contributed by atoms with Crippen molar-refractivity contribution in [3.05, 3.63) is 53.1 Å². The number of carbonyl (C=O) groups excluding carboxylic acids is 2. The number of imide groups is 1. The summed E-state index contributed by atoms with van der Waals surface area (Å²) in [5.41, 5.74) is 1.31. The fourth-order valence-corrected chi connectivity index (χ4v) is 3.01. The van der Waals surface area contributed by atoms with Crippen LogP contribution >= 0.6 is 0 Å². The fraction of sp³-hybridized carbons (Fsp3) is 0.348. The van der Waals surface area contributed by atoms with E-state index in [9.17, 15) is 14.9 Å². The van der Waals surface area contributed by atoms with E-state index in [2.05, 4.69) is 6.58 Å². The summed E-state index contributed by atoms with van der Waals surface area (Å²) < 4.78 is 16.2. The fourth-order valence-electron chi connectivity index (χ4n) is 3.01. The number of methoxy groups -OCH3 is 1. The molecule has 1 aliphatic heterocycles. The molecule has 1 aromatic carbocycles. The van der Waals surface area contributed by atoms with Crippen LogP contribution in [0.5, 0.6) is 11.5 Å². The highest BCUT2D eigenvalue weighted by Gasteiger charge is 2.35. The average molecular weight is 410 g/mol. The number of nitrogens with zero attached hydrogens (tertiary/aromatic N) is 2. The molecule has 0 atom stereocenters. The van der Waals surface area contributed by atoms with Gasteiger partial charge in [-0.15, -0.1) is 0 Å². The lowest BCUT2D eigenvalue weighted by Gasteiger charge is -2.27. The van der Waals surface area contributed by atoms with E-state index in [1.165, 1.54) is 7.11 Å². The molecule has 1 aromatic rings. The van der Waals surface area contributed by atoms with Crippen LogP contribution in [0.25, 0.3) is 6.08 Å². The SMILES string of the molecule is C=CCOc1ccc(/C=C2/C(=O)N(CCCOCC)C(=O)C(C#N)=C2C)cc1OC. The second kappa shape index (κ2) is 11.0. The van der Waals surface area contributed by atoms with Gasteiger partial charge in [-0.25, -0.2) is 0 Å². The molecule has 0 aromatic heterocycles. The average Bonchev–Trinajstić information content (AvgIpc) is 2.75. The Balaban J connectivity index is 2.40. The lowest BCUT2D eigenvalue weighted by atomic mass is 9.93. The second-order valence-electron chi connectivity index (χ2n) is 6.49. The van der Waals surface area contributed by atoms with Crippen LogP contribution in [0.1, 0.15) is 25.8 Å². The van der Waals surface area contributed by atoms with E-state index < -0.39 is 11.8 Å². The van der Waals surface area contributed by atoms with E-state index in [4.69, 9.17) is 14.2 Å². The summed E-state index contributed by atoms with van der Waals surface area (Å²) in [4.78, 5) is 26.7. The first kappa shape index (κ1) is 22.9. The second-order valence-corrected chi connectivity index (χ2v) is 6.49. The quantitative estimate of drug-likeness (QED) is 0.255. The van der Waals surface area contributed by atoms with Gasteiger partial charge in [0.05, 0.1) is 7.11 Å². The van der Waals surface area contributed by atoms with Crippen molar-refractivity contribution in [2.75, 3.05) is 33.5 Å². The summed E-state index contributed by atoms with van der Waals surface area (Å²) in [6, 6.07) is 7.17. The Morgan fingerprint density at radius 2 is 2.00 bits per heavy atom. The van der Waals surface area contributed by atoms with Crippen molar-refractivity contribution < 1.29 is 23.8 Å². The van der Waals surface area contributed by atoms with Gasteiger partial charge in [0, 0.05) is 25.3 Å². The molecule has 0 N–H and O–H groups in total. The molecule has 0 saturated carbocycles. The van der Waals surface area contributed by atoms with Gasteiger partial charge < -0.3 is 14.2 Å². The Kier molecular flexibility index (Phi) is 8.39. The van der Waals surface area contributed by atoms with Gasteiger partial charge >= 0.3 is 0 Å². The molecular formula is C23H26N2O5. The summed E-state index contributed by atoms with van der Waals surface area (Å²) in [5, 5.41) is 9.47. The predicted octanol–water partition coefficient (Wildman–Crippen LogP) is 3.28.